The van der Waals surface area contributed by atoms with E-state index in [0.29, 0.717) is 39.5 Å². The third-order valence-corrected chi connectivity index (χ3v) is 7.21. The highest BCUT2D eigenvalue weighted by molar-refractivity contribution is 6.34. The van der Waals surface area contributed by atoms with Crippen LogP contribution in [-0.2, 0) is 4.79 Å². The number of nitro benzene ring substituents is 1. The molecule has 0 saturated carbocycles. The number of nitrogen functional groups attached to an aromatic ring is 1. The van der Waals surface area contributed by atoms with E-state index in [-0.39, 0.29) is 30.1 Å². The lowest BCUT2D eigenvalue weighted by atomic mass is 10.1. The summed E-state index contributed by atoms with van der Waals surface area (Å²) < 4.78 is 0.535. The van der Waals surface area contributed by atoms with Gasteiger partial charge in [0.1, 0.15) is 6.04 Å². The van der Waals surface area contributed by atoms with Crippen molar-refractivity contribution in [2.75, 3.05) is 50.4 Å². The van der Waals surface area contributed by atoms with Crippen LogP contribution in [0.4, 0.5) is 17.1 Å². The third-order valence-electron chi connectivity index (χ3n) is 6.91. The number of likely N-dealkylation sites (N-methyl/N-ethyl adjacent to an activating group) is 2. The third kappa shape index (κ3) is 7.42. The fourth-order valence-corrected chi connectivity index (χ4v) is 5.13. The van der Waals surface area contributed by atoms with E-state index in [1.54, 1.807) is 35.0 Å². The number of carbonyl (C=O) groups is 2. The molecule has 0 aliphatic rings. The number of rotatable bonds is 13. The number of carbonyl (C=O) groups excluding carboxylic acids is 2. The predicted molar refractivity (Wildman–Crippen MR) is 149 cm³/mol. The lowest BCUT2D eigenvalue weighted by Gasteiger charge is -2.45. The number of non-ortho nitro benzene ring substituents is 1. The Kier molecular flexibility index (Phi) is 10.9. The molecule has 37 heavy (non-hydrogen) atoms. The smallest absolute Gasteiger partial charge is 0.282 e. The zero-order valence-corrected chi connectivity index (χ0v) is 23.2. The first-order chi connectivity index (χ1) is 17.5. The summed E-state index contributed by atoms with van der Waals surface area (Å²) in [4.78, 5) is 40.6. The molecule has 1 atom stereocenters. The molecule has 0 aromatic heterocycles. The van der Waals surface area contributed by atoms with Gasteiger partial charge >= 0.3 is 0 Å². The number of nitrogens with two attached hydrogens (primary N) is 1. The minimum Gasteiger partial charge on any atom is -0.399 e. The molecule has 0 saturated heterocycles. The second-order valence-corrected chi connectivity index (χ2v) is 9.89. The Labute approximate surface area is 224 Å². The van der Waals surface area contributed by atoms with Gasteiger partial charge in [-0.05, 0) is 57.0 Å². The minimum absolute atomic E-state index is 0.0268. The van der Waals surface area contributed by atoms with Crippen molar-refractivity contribution in [3.8, 4) is 0 Å². The number of nitrogens with zero attached hydrogens (tertiary/aromatic N) is 4. The Hall–Kier alpha value is -3.17. The van der Waals surface area contributed by atoms with E-state index < -0.39 is 4.92 Å². The van der Waals surface area contributed by atoms with Crippen molar-refractivity contribution in [1.29, 1.82) is 0 Å². The van der Waals surface area contributed by atoms with Crippen LogP contribution >= 0.6 is 11.6 Å². The first-order valence-electron chi connectivity index (χ1n) is 12.7. The van der Waals surface area contributed by atoms with Gasteiger partial charge in [-0.3, -0.25) is 19.7 Å². The van der Waals surface area contributed by atoms with E-state index >= 15 is 0 Å². The quantitative estimate of drug-likeness (QED) is 0.169. The summed E-state index contributed by atoms with van der Waals surface area (Å²) in [5.74, 6) is -0.252. The normalized spacial score (nSPS) is 12.2. The lowest BCUT2D eigenvalue weighted by Crippen LogP contribution is -2.62. The average Bonchev–Trinajstić information content (AvgIpc) is 2.86. The topological polar surface area (TPSA) is 110 Å². The Morgan fingerprint density at radius 1 is 1.08 bits per heavy atom. The Balaban J connectivity index is 2.29. The number of amides is 2. The van der Waals surface area contributed by atoms with Crippen molar-refractivity contribution in [2.45, 2.75) is 46.6 Å². The van der Waals surface area contributed by atoms with Crippen molar-refractivity contribution in [3.63, 3.8) is 0 Å². The molecule has 0 bridgehead atoms. The van der Waals surface area contributed by atoms with E-state index in [1.807, 2.05) is 6.92 Å². The van der Waals surface area contributed by atoms with Gasteiger partial charge in [-0.25, -0.2) is 0 Å². The first-order valence-corrected chi connectivity index (χ1v) is 13.1. The van der Waals surface area contributed by atoms with Crippen molar-refractivity contribution < 1.29 is 19.0 Å². The highest BCUT2D eigenvalue weighted by Crippen LogP contribution is 2.28. The summed E-state index contributed by atoms with van der Waals surface area (Å²) in [7, 11) is 1.72. The standard InChI is InChI=1S/C27H39ClN5O4/c1-6-15-33(16-7-2,19-26(34)30(5)25-14-11-22(29)17-24(25)28)20(4)18-31(8-3)27(35)21-9-12-23(13-10-21)32(36)37/h9-14,17,20H,6-8,15-16,18-19,29H2,1-5H3/q+1. The van der Waals surface area contributed by atoms with Gasteiger partial charge in [0.15, 0.2) is 6.54 Å². The fraction of sp³-hybridized carbons (Fsp3) is 0.481. The molecule has 0 aliphatic heterocycles. The van der Waals surface area contributed by atoms with Gasteiger partial charge in [-0.1, -0.05) is 25.4 Å². The summed E-state index contributed by atoms with van der Waals surface area (Å²) in [5, 5.41) is 11.4. The number of hydrogen-bond donors (Lipinski definition) is 1. The van der Waals surface area contributed by atoms with Gasteiger partial charge in [0.2, 0.25) is 0 Å². The summed E-state index contributed by atoms with van der Waals surface area (Å²) in [5.41, 5.74) is 7.29. The summed E-state index contributed by atoms with van der Waals surface area (Å²) in [6.07, 6.45) is 1.76. The van der Waals surface area contributed by atoms with Crippen molar-refractivity contribution >= 4 is 40.5 Å². The highest BCUT2D eigenvalue weighted by Gasteiger charge is 2.38. The van der Waals surface area contributed by atoms with Crippen LogP contribution in [-0.4, -0.2) is 71.9 Å². The number of quaternary nitrogens is 1. The predicted octanol–water partition coefficient (Wildman–Crippen LogP) is 4.98. The second kappa shape index (κ2) is 13.4. The van der Waals surface area contributed by atoms with Crippen LogP contribution < -0.4 is 10.6 Å². The second-order valence-electron chi connectivity index (χ2n) is 9.48. The minimum atomic E-state index is -0.485. The molecule has 2 N–H and O–H groups in total. The lowest BCUT2D eigenvalue weighted by molar-refractivity contribution is -0.941. The molecule has 1 unspecified atom stereocenters. The molecule has 2 aromatic carbocycles. The van der Waals surface area contributed by atoms with E-state index in [0.717, 1.165) is 25.9 Å². The number of anilines is 2. The molecule has 2 amide bonds. The summed E-state index contributed by atoms with van der Waals surface area (Å²) in [6.45, 7) is 11.0. The first kappa shape index (κ1) is 30.1. The summed E-state index contributed by atoms with van der Waals surface area (Å²) in [6, 6.07) is 10.7. The molecule has 0 aliphatic carbocycles. The van der Waals surface area contributed by atoms with Crippen LogP contribution in [0.3, 0.4) is 0 Å². The highest BCUT2D eigenvalue weighted by atomic mass is 35.5. The zero-order valence-electron chi connectivity index (χ0n) is 22.4. The fourth-order valence-electron chi connectivity index (χ4n) is 4.82. The van der Waals surface area contributed by atoms with E-state index in [9.17, 15) is 19.7 Å². The molecule has 2 rings (SSSR count). The van der Waals surface area contributed by atoms with Gasteiger partial charge in [-0.2, -0.15) is 0 Å². The van der Waals surface area contributed by atoms with Crippen LogP contribution in [0.2, 0.25) is 5.02 Å². The van der Waals surface area contributed by atoms with Crippen LogP contribution in [0.25, 0.3) is 0 Å². The molecular formula is C27H39ClN5O4+. The molecule has 0 spiro atoms. The van der Waals surface area contributed by atoms with E-state index in [4.69, 9.17) is 17.3 Å². The van der Waals surface area contributed by atoms with E-state index in [2.05, 4.69) is 20.8 Å². The molecule has 10 heteroatoms. The van der Waals surface area contributed by atoms with Gasteiger partial charge < -0.3 is 20.0 Å². The maximum absolute atomic E-state index is 13.5. The molecule has 0 radical (unpaired) electrons. The number of hydrogen-bond acceptors (Lipinski definition) is 5. The van der Waals surface area contributed by atoms with Gasteiger partial charge in [0.05, 0.1) is 35.3 Å². The Morgan fingerprint density at radius 2 is 1.68 bits per heavy atom. The summed E-state index contributed by atoms with van der Waals surface area (Å²) >= 11 is 6.37. The maximum atomic E-state index is 13.5. The molecule has 0 fully saturated rings. The van der Waals surface area contributed by atoms with Crippen LogP contribution in [0, 0.1) is 10.1 Å². The molecular weight excluding hydrogens is 494 g/mol. The van der Waals surface area contributed by atoms with Crippen molar-refractivity contribution in [2.24, 2.45) is 0 Å². The molecule has 9 nitrogen and oxygen atoms in total. The number of halogens is 1. The Morgan fingerprint density at radius 3 is 2.16 bits per heavy atom. The zero-order chi connectivity index (χ0) is 27.8. The number of nitro groups is 1. The number of benzene rings is 2. The van der Waals surface area contributed by atoms with E-state index in [1.165, 1.54) is 24.3 Å². The monoisotopic (exact) mass is 532 g/mol. The van der Waals surface area contributed by atoms with Crippen molar-refractivity contribution in [3.05, 3.63) is 63.2 Å². The Bertz CT molecular complexity index is 1090. The molecule has 2 aromatic rings. The average molecular weight is 533 g/mol. The van der Waals surface area contributed by atoms with Crippen molar-refractivity contribution in [1.82, 2.24) is 4.90 Å². The molecule has 0 heterocycles. The van der Waals surface area contributed by atoms with Crippen LogP contribution in [0.1, 0.15) is 50.9 Å². The van der Waals surface area contributed by atoms with Gasteiger partial charge in [-0.15, -0.1) is 0 Å². The largest absolute Gasteiger partial charge is 0.399 e. The van der Waals surface area contributed by atoms with Crippen LogP contribution in [0.5, 0.6) is 0 Å². The van der Waals surface area contributed by atoms with Gasteiger partial charge in [0.25, 0.3) is 17.5 Å². The van der Waals surface area contributed by atoms with Gasteiger partial charge in [0, 0.05) is 37.0 Å². The molecule has 202 valence electrons. The maximum Gasteiger partial charge on any atom is 0.282 e. The SMILES string of the molecule is CCC[N+](CCC)(CC(=O)N(C)c1ccc(N)cc1Cl)C(C)CN(CC)C(=O)c1ccc([N+](=O)[O-])cc1. The van der Waals surface area contributed by atoms with Crippen LogP contribution in [0.15, 0.2) is 42.5 Å².